The lowest BCUT2D eigenvalue weighted by molar-refractivity contribution is -0.385. The summed E-state index contributed by atoms with van der Waals surface area (Å²) in [6.07, 6.45) is 4.19. The second-order valence-corrected chi connectivity index (χ2v) is 4.15. The summed E-state index contributed by atoms with van der Waals surface area (Å²) < 4.78 is 5.39. The molecule has 0 bridgehead atoms. The molecule has 19 heavy (non-hydrogen) atoms. The fourth-order valence-corrected chi connectivity index (χ4v) is 1.65. The first kappa shape index (κ1) is 14.9. The predicted octanol–water partition coefficient (Wildman–Crippen LogP) is 3.25. The van der Waals surface area contributed by atoms with Crippen LogP contribution in [0.1, 0.15) is 43.0 Å². The van der Waals surface area contributed by atoms with Crippen molar-refractivity contribution in [3.63, 3.8) is 0 Å². The molecule has 0 fully saturated rings. The first-order chi connectivity index (χ1) is 9.06. The topological polar surface area (TPSA) is 89.7 Å². The molecule has 6 heteroatoms. The molecule has 1 aromatic carbocycles. The van der Waals surface area contributed by atoms with E-state index in [0.717, 1.165) is 31.7 Å². The molecule has 0 aliphatic rings. The van der Waals surface area contributed by atoms with Gasteiger partial charge in [0.15, 0.2) is 0 Å². The van der Waals surface area contributed by atoms with Gasteiger partial charge in [0.1, 0.15) is 11.3 Å². The Morgan fingerprint density at radius 3 is 2.68 bits per heavy atom. The molecule has 0 atom stereocenters. The number of aromatic carboxylic acids is 1. The van der Waals surface area contributed by atoms with Crippen LogP contribution in [0.5, 0.6) is 5.75 Å². The lowest BCUT2D eigenvalue weighted by atomic mass is 10.1. The zero-order chi connectivity index (χ0) is 14.3. The summed E-state index contributed by atoms with van der Waals surface area (Å²) in [5.74, 6) is -0.984. The summed E-state index contributed by atoms with van der Waals surface area (Å²) in [6, 6.07) is 3.77. The Bertz CT molecular complexity index is 458. The Balaban J connectivity index is 2.68. The Morgan fingerprint density at radius 1 is 1.37 bits per heavy atom. The van der Waals surface area contributed by atoms with Crippen molar-refractivity contribution in [2.24, 2.45) is 0 Å². The third kappa shape index (κ3) is 4.57. The fourth-order valence-electron chi connectivity index (χ4n) is 1.65. The smallest absolute Gasteiger partial charge is 0.342 e. The third-order valence-corrected chi connectivity index (χ3v) is 2.66. The van der Waals surface area contributed by atoms with Crippen LogP contribution in [0.25, 0.3) is 0 Å². The zero-order valence-corrected chi connectivity index (χ0v) is 10.8. The normalized spacial score (nSPS) is 10.2. The molecular weight excluding hydrogens is 250 g/mol. The Labute approximate surface area is 111 Å². The van der Waals surface area contributed by atoms with Crippen molar-refractivity contribution in [2.45, 2.75) is 32.6 Å². The van der Waals surface area contributed by atoms with E-state index in [2.05, 4.69) is 6.92 Å². The number of carboxylic acids is 1. The fraction of sp³-hybridized carbons (Fsp3) is 0.462. The molecular formula is C13H17NO5. The van der Waals surface area contributed by atoms with Gasteiger partial charge in [-0.15, -0.1) is 0 Å². The quantitative estimate of drug-likeness (QED) is 0.443. The van der Waals surface area contributed by atoms with Gasteiger partial charge in [0.2, 0.25) is 0 Å². The summed E-state index contributed by atoms with van der Waals surface area (Å²) in [6.45, 7) is 2.59. The Morgan fingerprint density at radius 2 is 2.11 bits per heavy atom. The molecule has 0 heterocycles. The maximum Gasteiger partial charge on any atom is 0.342 e. The van der Waals surface area contributed by atoms with Crippen molar-refractivity contribution in [3.8, 4) is 5.75 Å². The number of nitro benzene ring substituents is 1. The van der Waals surface area contributed by atoms with Gasteiger partial charge in [0, 0.05) is 12.1 Å². The highest BCUT2D eigenvalue weighted by atomic mass is 16.6. The highest BCUT2D eigenvalue weighted by molar-refractivity contribution is 5.92. The highest BCUT2D eigenvalue weighted by Gasteiger charge is 2.20. The van der Waals surface area contributed by atoms with Gasteiger partial charge in [-0.25, -0.2) is 4.79 Å². The van der Waals surface area contributed by atoms with E-state index in [0.29, 0.717) is 12.4 Å². The average molecular weight is 267 g/mol. The standard InChI is InChI=1S/C13H17NO5/c1-2-3-4-5-8-19-10-6-7-12(14(17)18)11(9-10)13(15)16/h6-7,9H,2-5,8H2,1H3,(H,15,16). The highest BCUT2D eigenvalue weighted by Crippen LogP contribution is 2.24. The Kier molecular flexibility index (Phi) is 5.78. The van der Waals surface area contributed by atoms with E-state index in [1.165, 1.54) is 12.1 Å². The molecule has 104 valence electrons. The molecule has 1 N–H and O–H groups in total. The number of carboxylic acid groups (broad SMARTS) is 1. The third-order valence-electron chi connectivity index (χ3n) is 2.66. The maximum absolute atomic E-state index is 10.9. The zero-order valence-electron chi connectivity index (χ0n) is 10.8. The lowest BCUT2D eigenvalue weighted by Crippen LogP contribution is -2.04. The SMILES string of the molecule is CCCCCCOc1ccc([N+](=O)[O-])c(C(=O)O)c1. The monoisotopic (exact) mass is 267 g/mol. The minimum atomic E-state index is -1.33. The van der Waals surface area contributed by atoms with E-state index in [1.807, 2.05) is 0 Å². The van der Waals surface area contributed by atoms with Gasteiger partial charge in [-0.05, 0) is 12.5 Å². The van der Waals surface area contributed by atoms with E-state index in [1.54, 1.807) is 0 Å². The minimum absolute atomic E-state index is 0.347. The largest absolute Gasteiger partial charge is 0.494 e. The molecule has 0 spiro atoms. The number of hydrogen-bond donors (Lipinski definition) is 1. The van der Waals surface area contributed by atoms with Crippen LogP contribution < -0.4 is 4.74 Å². The van der Waals surface area contributed by atoms with Crippen LogP contribution >= 0.6 is 0 Å². The van der Waals surface area contributed by atoms with E-state index in [9.17, 15) is 14.9 Å². The van der Waals surface area contributed by atoms with Gasteiger partial charge in [0.25, 0.3) is 5.69 Å². The van der Waals surface area contributed by atoms with E-state index in [-0.39, 0.29) is 5.56 Å². The number of benzene rings is 1. The maximum atomic E-state index is 10.9. The molecule has 0 aliphatic carbocycles. The summed E-state index contributed by atoms with van der Waals surface area (Å²) in [5.41, 5.74) is -0.776. The second kappa shape index (κ2) is 7.35. The van der Waals surface area contributed by atoms with Crippen LogP contribution in [0.3, 0.4) is 0 Å². The summed E-state index contributed by atoms with van der Waals surface area (Å²) in [4.78, 5) is 20.9. The van der Waals surface area contributed by atoms with Gasteiger partial charge in [-0.1, -0.05) is 26.2 Å². The number of nitrogens with zero attached hydrogens (tertiary/aromatic N) is 1. The van der Waals surface area contributed by atoms with Crippen LogP contribution in [0, 0.1) is 10.1 Å². The number of ether oxygens (including phenoxy) is 1. The molecule has 0 saturated heterocycles. The number of unbranched alkanes of at least 4 members (excludes halogenated alkanes) is 3. The van der Waals surface area contributed by atoms with E-state index < -0.39 is 16.6 Å². The van der Waals surface area contributed by atoms with Crippen molar-refractivity contribution < 1.29 is 19.6 Å². The second-order valence-electron chi connectivity index (χ2n) is 4.15. The first-order valence-electron chi connectivity index (χ1n) is 6.20. The van der Waals surface area contributed by atoms with Crippen molar-refractivity contribution in [1.29, 1.82) is 0 Å². The summed E-state index contributed by atoms with van der Waals surface area (Å²) in [7, 11) is 0. The van der Waals surface area contributed by atoms with Crippen LogP contribution in [-0.2, 0) is 0 Å². The van der Waals surface area contributed by atoms with Crippen LogP contribution in [0.15, 0.2) is 18.2 Å². The van der Waals surface area contributed by atoms with E-state index >= 15 is 0 Å². The molecule has 0 aromatic heterocycles. The number of hydrogen-bond acceptors (Lipinski definition) is 4. The number of nitro groups is 1. The molecule has 0 saturated carbocycles. The van der Waals surface area contributed by atoms with Crippen LogP contribution in [0.2, 0.25) is 0 Å². The van der Waals surface area contributed by atoms with Crippen molar-refractivity contribution >= 4 is 11.7 Å². The molecule has 0 aliphatic heterocycles. The van der Waals surface area contributed by atoms with E-state index in [4.69, 9.17) is 9.84 Å². The van der Waals surface area contributed by atoms with Gasteiger partial charge < -0.3 is 9.84 Å². The molecule has 0 unspecified atom stereocenters. The lowest BCUT2D eigenvalue weighted by Gasteiger charge is -2.07. The molecule has 1 aromatic rings. The summed E-state index contributed by atoms with van der Waals surface area (Å²) in [5, 5.41) is 19.6. The molecule has 6 nitrogen and oxygen atoms in total. The van der Waals surface area contributed by atoms with Crippen molar-refractivity contribution in [2.75, 3.05) is 6.61 Å². The van der Waals surface area contributed by atoms with Gasteiger partial charge in [-0.2, -0.15) is 0 Å². The number of carbonyl (C=O) groups is 1. The molecule has 0 radical (unpaired) electrons. The van der Waals surface area contributed by atoms with Crippen LogP contribution in [0.4, 0.5) is 5.69 Å². The van der Waals surface area contributed by atoms with Crippen LogP contribution in [-0.4, -0.2) is 22.6 Å². The van der Waals surface area contributed by atoms with Gasteiger partial charge >= 0.3 is 5.97 Å². The van der Waals surface area contributed by atoms with Gasteiger partial charge in [0.05, 0.1) is 11.5 Å². The average Bonchev–Trinajstić information content (AvgIpc) is 2.38. The minimum Gasteiger partial charge on any atom is -0.494 e. The molecule has 1 rings (SSSR count). The summed E-state index contributed by atoms with van der Waals surface area (Å²) >= 11 is 0. The first-order valence-corrected chi connectivity index (χ1v) is 6.20. The van der Waals surface area contributed by atoms with Crippen molar-refractivity contribution in [1.82, 2.24) is 0 Å². The Hall–Kier alpha value is -2.11. The predicted molar refractivity (Wildman–Crippen MR) is 69.7 cm³/mol. The molecule has 0 amide bonds. The number of rotatable bonds is 8. The van der Waals surface area contributed by atoms with Gasteiger partial charge in [-0.3, -0.25) is 10.1 Å². The van der Waals surface area contributed by atoms with Crippen molar-refractivity contribution in [3.05, 3.63) is 33.9 Å².